The third kappa shape index (κ3) is 9.30. The average molecular weight is 273 g/mol. The van der Waals surface area contributed by atoms with Crippen LogP contribution in [0.15, 0.2) is 0 Å². The topological polar surface area (TPSA) is 81.7 Å². The fourth-order valence-electron chi connectivity index (χ4n) is 1.70. The number of urea groups is 1. The molecule has 112 valence electrons. The van der Waals surface area contributed by atoms with Crippen molar-refractivity contribution >= 4 is 12.0 Å². The molecule has 0 aromatic carbocycles. The Balaban J connectivity index is 3.92. The number of aliphatic carboxylic acids is 1. The second kappa shape index (κ2) is 8.74. The minimum atomic E-state index is -0.850. The minimum Gasteiger partial charge on any atom is -0.481 e. The second-order valence-corrected chi connectivity index (χ2v) is 5.19. The monoisotopic (exact) mass is 273 g/mol. The van der Waals surface area contributed by atoms with E-state index in [9.17, 15) is 9.59 Å². The van der Waals surface area contributed by atoms with E-state index in [0.717, 1.165) is 19.6 Å². The SMILES string of the molecule is CCN(CC)CCNC(=O)NC(C)(C)CCC(=O)O. The largest absolute Gasteiger partial charge is 0.481 e. The van der Waals surface area contributed by atoms with Crippen LogP contribution in [0.25, 0.3) is 0 Å². The molecule has 0 aliphatic carbocycles. The molecule has 3 N–H and O–H groups in total. The Morgan fingerprint density at radius 2 is 1.79 bits per heavy atom. The zero-order chi connectivity index (χ0) is 14.9. The molecule has 0 aromatic rings. The van der Waals surface area contributed by atoms with Crippen LogP contribution in [0.4, 0.5) is 4.79 Å². The van der Waals surface area contributed by atoms with E-state index in [1.165, 1.54) is 0 Å². The van der Waals surface area contributed by atoms with Gasteiger partial charge < -0.3 is 20.6 Å². The summed E-state index contributed by atoms with van der Waals surface area (Å²) in [6, 6.07) is -0.248. The molecule has 19 heavy (non-hydrogen) atoms. The first-order valence-electron chi connectivity index (χ1n) is 6.81. The molecule has 0 spiro atoms. The maximum atomic E-state index is 11.7. The van der Waals surface area contributed by atoms with Crippen LogP contribution in [0.5, 0.6) is 0 Å². The van der Waals surface area contributed by atoms with Gasteiger partial charge in [-0.05, 0) is 33.4 Å². The molecule has 0 unspecified atom stereocenters. The Bertz CT molecular complexity index is 289. The Morgan fingerprint density at radius 1 is 1.21 bits per heavy atom. The van der Waals surface area contributed by atoms with E-state index in [-0.39, 0.29) is 12.5 Å². The summed E-state index contributed by atoms with van der Waals surface area (Å²) in [5.41, 5.74) is -0.516. The number of nitrogens with one attached hydrogen (secondary N) is 2. The van der Waals surface area contributed by atoms with Crippen LogP contribution >= 0.6 is 0 Å². The smallest absolute Gasteiger partial charge is 0.315 e. The molecule has 0 heterocycles. The number of hydrogen-bond acceptors (Lipinski definition) is 3. The van der Waals surface area contributed by atoms with E-state index in [4.69, 9.17) is 5.11 Å². The van der Waals surface area contributed by atoms with Crippen LogP contribution in [-0.2, 0) is 4.79 Å². The van der Waals surface area contributed by atoms with Crippen molar-refractivity contribution < 1.29 is 14.7 Å². The molecule has 6 heteroatoms. The number of carbonyl (C=O) groups excluding carboxylic acids is 1. The first-order chi connectivity index (χ1) is 8.80. The molecule has 2 amide bonds. The fourth-order valence-corrected chi connectivity index (χ4v) is 1.70. The zero-order valence-corrected chi connectivity index (χ0v) is 12.5. The van der Waals surface area contributed by atoms with Crippen LogP contribution in [0, 0.1) is 0 Å². The van der Waals surface area contributed by atoms with E-state index in [1.807, 2.05) is 13.8 Å². The molecule has 0 bridgehead atoms. The molecule has 0 atom stereocenters. The van der Waals surface area contributed by atoms with Crippen LogP contribution in [0.1, 0.15) is 40.5 Å². The molecule has 0 saturated carbocycles. The van der Waals surface area contributed by atoms with Gasteiger partial charge in [-0.25, -0.2) is 4.79 Å². The van der Waals surface area contributed by atoms with Gasteiger partial charge in [0.1, 0.15) is 0 Å². The third-order valence-electron chi connectivity index (χ3n) is 3.02. The predicted octanol–water partition coefficient (Wildman–Crippen LogP) is 1.27. The van der Waals surface area contributed by atoms with E-state index in [0.29, 0.717) is 13.0 Å². The van der Waals surface area contributed by atoms with Crippen molar-refractivity contribution in [1.29, 1.82) is 0 Å². The molecule has 0 aromatic heterocycles. The van der Waals surface area contributed by atoms with Gasteiger partial charge in [-0.3, -0.25) is 4.79 Å². The molecule has 6 nitrogen and oxygen atoms in total. The summed E-state index contributed by atoms with van der Waals surface area (Å²) < 4.78 is 0. The fraction of sp³-hybridized carbons (Fsp3) is 0.846. The van der Waals surface area contributed by atoms with Crippen LogP contribution in [0.3, 0.4) is 0 Å². The number of rotatable bonds is 9. The van der Waals surface area contributed by atoms with Crippen molar-refractivity contribution in [2.75, 3.05) is 26.2 Å². The lowest BCUT2D eigenvalue weighted by molar-refractivity contribution is -0.137. The van der Waals surface area contributed by atoms with Gasteiger partial charge >= 0.3 is 12.0 Å². The first-order valence-corrected chi connectivity index (χ1v) is 6.81. The maximum Gasteiger partial charge on any atom is 0.315 e. The molecule has 0 aliphatic heterocycles. The average Bonchev–Trinajstić information content (AvgIpc) is 2.32. The second-order valence-electron chi connectivity index (χ2n) is 5.19. The van der Waals surface area contributed by atoms with Gasteiger partial charge in [-0.1, -0.05) is 13.8 Å². The Kier molecular flexibility index (Phi) is 8.14. The third-order valence-corrected chi connectivity index (χ3v) is 3.02. The lowest BCUT2D eigenvalue weighted by Crippen LogP contribution is -2.49. The van der Waals surface area contributed by atoms with Gasteiger partial charge in [0.25, 0.3) is 0 Å². The van der Waals surface area contributed by atoms with E-state index < -0.39 is 11.5 Å². The summed E-state index contributed by atoms with van der Waals surface area (Å²) in [5.74, 6) is -0.850. The highest BCUT2D eigenvalue weighted by atomic mass is 16.4. The van der Waals surface area contributed by atoms with Gasteiger partial charge in [0, 0.05) is 25.0 Å². The highest BCUT2D eigenvalue weighted by Crippen LogP contribution is 2.10. The number of carboxylic acids is 1. The number of hydrogen-bond donors (Lipinski definition) is 3. The lowest BCUT2D eigenvalue weighted by atomic mass is 9.99. The van der Waals surface area contributed by atoms with Crippen molar-refractivity contribution in [2.24, 2.45) is 0 Å². The van der Waals surface area contributed by atoms with Gasteiger partial charge in [0.15, 0.2) is 0 Å². The number of amides is 2. The van der Waals surface area contributed by atoms with Gasteiger partial charge in [0.05, 0.1) is 0 Å². The van der Waals surface area contributed by atoms with E-state index in [1.54, 1.807) is 0 Å². The Labute approximate surface area is 115 Å². The molecule has 0 fully saturated rings. The number of carboxylic acid groups (broad SMARTS) is 1. The summed E-state index contributed by atoms with van der Waals surface area (Å²) in [6.45, 7) is 11.1. The van der Waals surface area contributed by atoms with Crippen molar-refractivity contribution in [1.82, 2.24) is 15.5 Å². The Morgan fingerprint density at radius 3 is 2.26 bits per heavy atom. The molecular weight excluding hydrogens is 246 g/mol. The van der Waals surface area contributed by atoms with Gasteiger partial charge in [-0.15, -0.1) is 0 Å². The summed E-state index contributed by atoms with van der Waals surface area (Å²) >= 11 is 0. The van der Waals surface area contributed by atoms with Crippen molar-refractivity contribution in [3.8, 4) is 0 Å². The predicted molar refractivity (Wildman–Crippen MR) is 75.3 cm³/mol. The molecule has 0 saturated heterocycles. The Hall–Kier alpha value is -1.30. The summed E-state index contributed by atoms with van der Waals surface area (Å²) in [5, 5.41) is 14.2. The van der Waals surface area contributed by atoms with Gasteiger partial charge in [-0.2, -0.15) is 0 Å². The van der Waals surface area contributed by atoms with Crippen molar-refractivity contribution in [3.05, 3.63) is 0 Å². The quantitative estimate of drug-likeness (QED) is 0.591. The summed E-state index contributed by atoms with van der Waals surface area (Å²) in [7, 11) is 0. The highest BCUT2D eigenvalue weighted by molar-refractivity contribution is 5.74. The maximum absolute atomic E-state index is 11.7. The molecule has 0 rings (SSSR count). The molecular formula is C13H27N3O3. The van der Waals surface area contributed by atoms with Crippen LogP contribution in [0.2, 0.25) is 0 Å². The van der Waals surface area contributed by atoms with Gasteiger partial charge in [0.2, 0.25) is 0 Å². The first kappa shape index (κ1) is 17.7. The number of nitrogens with zero attached hydrogens (tertiary/aromatic N) is 1. The van der Waals surface area contributed by atoms with E-state index >= 15 is 0 Å². The summed E-state index contributed by atoms with van der Waals surface area (Å²) in [4.78, 5) is 24.4. The number of likely N-dealkylation sites (N-methyl/N-ethyl adjacent to an activating group) is 1. The van der Waals surface area contributed by atoms with E-state index in [2.05, 4.69) is 29.4 Å². The lowest BCUT2D eigenvalue weighted by Gasteiger charge is -2.26. The normalized spacial score (nSPS) is 11.4. The van der Waals surface area contributed by atoms with Crippen LogP contribution < -0.4 is 10.6 Å². The number of carbonyl (C=O) groups is 2. The van der Waals surface area contributed by atoms with Crippen LogP contribution in [-0.4, -0.2) is 53.7 Å². The van der Waals surface area contributed by atoms with Crippen molar-refractivity contribution in [3.63, 3.8) is 0 Å². The zero-order valence-electron chi connectivity index (χ0n) is 12.5. The summed E-state index contributed by atoms with van der Waals surface area (Å²) in [6.07, 6.45) is 0.457. The molecule has 0 radical (unpaired) electrons. The van der Waals surface area contributed by atoms with Crippen molar-refractivity contribution in [2.45, 2.75) is 46.1 Å². The standard InChI is InChI=1S/C13H27N3O3/c1-5-16(6-2)10-9-14-12(19)15-13(3,4)8-7-11(17)18/h5-10H2,1-4H3,(H,17,18)(H2,14,15,19). The molecule has 0 aliphatic rings. The highest BCUT2D eigenvalue weighted by Gasteiger charge is 2.21. The minimum absolute atomic E-state index is 0.0483.